The quantitative estimate of drug-likeness (QED) is 0.845. The first kappa shape index (κ1) is 15.5. The molecular formula is C16H15ClN2OS. The number of hydrogen-bond donors (Lipinski definition) is 2. The lowest BCUT2D eigenvalue weighted by Gasteiger charge is -2.12. The van der Waals surface area contributed by atoms with Crippen molar-refractivity contribution in [2.75, 3.05) is 5.32 Å². The molecule has 0 aliphatic rings. The van der Waals surface area contributed by atoms with Crippen LogP contribution < -0.4 is 11.1 Å². The van der Waals surface area contributed by atoms with E-state index in [-0.39, 0.29) is 5.91 Å². The molecule has 0 saturated carbocycles. The van der Waals surface area contributed by atoms with Gasteiger partial charge in [-0.15, -0.1) is 0 Å². The maximum atomic E-state index is 12.4. The summed E-state index contributed by atoms with van der Waals surface area (Å²) in [5.41, 5.74) is 9.36. The monoisotopic (exact) mass is 318 g/mol. The number of halogens is 1. The molecule has 108 valence electrons. The maximum absolute atomic E-state index is 12.4. The van der Waals surface area contributed by atoms with Gasteiger partial charge in [-0.2, -0.15) is 0 Å². The summed E-state index contributed by atoms with van der Waals surface area (Å²) in [6.45, 7) is 3.77. The Morgan fingerprint density at radius 3 is 2.48 bits per heavy atom. The second-order valence-corrected chi connectivity index (χ2v) is 5.68. The van der Waals surface area contributed by atoms with Gasteiger partial charge in [0.25, 0.3) is 5.91 Å². The molecule has 0 aliphatic carbocycles. The summed E-state index contributed by atoms with van der Waals surface area (Å²) in [6.07, 6.45) is 0. The number of rotatable bonds is 3. The topological polar surface area (TPSA) is 55.1 Å². The van der Waals surface area contributed by atoms with Crippen LogP contribution in [0.2, 0.25) is 5.02 Å². The van der Waals surface area contributed by atoms with Gasteiger partial charge < -0.3 is 11.1 Å². The van der Waals surface area contributed by atoms with Crippen LogP contribution in [0.3, 0.4) is 0 Å². The van der Waals surface area contributed by atoms with Crippen LogP contribution >= 0.6 is 23.8 Å². The minimum atomic E-state index is -0.210. The summed E-state index contributed by atoms with van der Waals surface area (Å²) in [4.78, 5) is 12.7. The lowest BCUT2D eigenvalue weighted by Crippen LogP contribution is -2.16. The van der Waals surface area contributed by atoms with Gasteiger partial charge in [-0.3, -0.25) is 4.79 Å². The first-order valence-corrected chi connectivity index (χ1v) is 7.15. The predicted molar refractivity (Wildman–Crippen MR) is 91.2 cm³/mol. The van der Waals surface area contributed by atoms with Crippen molar-refractivity contribution in [3.8, 4) is 0 Å². The van der Waals surface area contributed by atoms with Gasteiger partial charge in [-0.1, -0.05) is 42.0 Å². The second-order valence-electron chi connectivity index (χ2n) is 4.81. The van der Waals surface area contributed by atoms with E-state index in [1.165, 1.54) is 0 Å². The summed E-state index contributed by atoms with van der Waals surface area (Å²) in [7, 11) is 0. The third kappa shape index (κ3) is 3.60. The van der Waals surface area contributed by atoms with Gasteiger partial charge in [-0.25, -0.2) is 0 Å². The van der Waals surface area contributed by atoms with Crippen molar-refractivity contribution in [3.63, 3.8) is 0 Å². The summed E-state index contributed by atoms with van der Waals surface area (Å²) in [5.74, 6) is -0.210. The number of hydrogen-bond acceptors (Lipinski definition) is 2. The number of carbonyl (C=O) groups is 1. The van der Waals surface area contributed by atoms with Gasteiger partial charge in [0.15, 0.2) is 0 Å². The highest BCUT2D eigenvalue weighted by Crippen LogP contribution is 2.20. The minimum Gasteiger partial charge on any atom is -0.389 e. The molecule has 0 unspecified atom stereocenters. The molecule has 0 aromatic heterocycles. The Kier molecular flexibility index (Phi) is 4.60. The van der Waals surface area contributed by atoms with E-state index in [0.29, 0.717) is 26.8 Å². The van der Waals surface area contributed by atoms with Gasteiger partial charge in [0, 0.05) is 21.8 Å². The van der Waals surface area contributed by atoms with E-state index >= 15 is 0 Å². The SMILES string of the molecule is Cc1ccc(C(N)=S)cc1NC(=O)c1cc(Cl)ccc1C. The summed E-state index contributed by atoms with van der Waals surface area (Å²) >= 11 is 10.9. The zero-order chi connectivity index (χ0) is 15.6. The second kappa shape index (κ2) is 6.24. The number of anilines is 1. The summed E-state index contributed by atoms with van der Waals surface area (Å²) in [5, 5.41) is 3.40. The van der Waals surface area contributed by atoms with Crippen LogP contribution in [0.25, 0.3) is 0 Å². The minimum absolute atomic E-state index is 0.210. The first-order valence-electron chi connectivity index (χ1n) is 6.36. The van der Waals surface area contributed by atoms with E-state index in [9.17, 15) is 4.79 Å². The number of carbonyl (C=O) groups excluding carboxylic acids is 1. The molecule has 5 heteroatoms. The molecular weight excluding hydrogens is 304 g/mol. The Labute approximate surface area is 134 Å². The molecule has 2 aromatic carbocycles. The van der Waals surface area contributed by atoms with E-state index < -0.39 is 0 Å². The van der Waals surface area contributed by atoms with Crippen LogP contribution in [0.15, 0.2) is 36.4 Å². The van der Waals surface area contributed by atoms with Crippen LogP contribution in [0.1, 0.15) is 27.0 Å². The number of benzene rings is 2. The molecule has 1 amide bonds. The van der Waals surface area contributed by atoms with E-state index in [1.807, 2.05) is 32.0 Å². The van der Waals surface area contributed by atoms with Crippen molar-refractivity contribution in [2.45, 2.75) is 13.8 Å². The molecule has 3 nitrogen and oxygen atoms in total. The normalized spacial score (nSPS) is 10.2. The Morgan fingerprint density at radius 2 is 1.81 bits per heavy atom. The molecule has 2 rings (SSSR count). The fourth-order valence-electron chi connectivity index (χ4n) is 1.94. The molecule has 3 N–H and O–H groups in total. The Bertz CT molecular complexity index is 728. The van der Waals surface area contributed by atoms with Crippen molar-refractivity contribution in [3.05, 3.63) is 63.7 Å². The molecule has 0 atom stereocenters. The number of amides is 1. The lowest BCUT2D eigenvalue weighted by molar-refractivity contribution is 0.102. The smallest absolute Gasteiger partial charge is 0.255 e. The van der Waals surface area contributed by atoms with Crippen molar-refractivity contribution < 1.29 is 4.79 Å². The Morgan fingerprint density at radius 1 is 1.14 bits per heavy atom. The first-order chi connectivity index (χ1) is 9.88. The molecule has 0 radical (unpaired) electrons. The number of nitrogens with two attached hydrogens (primary N) is 1. The molecule has 2 aromatic rings. The van der Waals surface area contributed by atoms with Crippen molar-refractivity contribution in [1.29, 1.82) is 0 Å². The highest BCUT2D eigenvalue weighted by Gasteiger charge is 2.12. The molecule has 0 bridgehead atoms. The van der Waals surface area contributed by atoms with Gasteiger partial charge in [0.05, 0.1) is 0 Å². The number of nitrogens with one attached hydrogen (secondary N) is 1. The molecule has 0 spiro atoms. The van der Waals surface area contributed by atoms with Gasteiger partial charge in [-0.05, 0) is 43.2 Å². The number of aryl methyl sites for hydroxylation is 2. The Balaban J connectivity index is 2.33. The van der Waals surface area contributed by atoms with Crippen LogP contribution in [-0.4, -0.2) is 10.9 Å². The molecule has 21 heavy (non-hydrogen) atoms. The summed E-state index contributed by atoms with van der Waals surface area (Å²) in [6, 6.07) is 10.7. The zero-order valence-electron chi connectivity index (χ0n) is 11.7. The highest BCUT2D eigenvalue weighted by molar-refractivity contribution is 7.80. The largest absolute Gasteiger partial charge is 0.389 e. The molecule has 0 heterocycles. The predicted octanol–water partition coefficient (Wildman–Crippen LogP) is 3.84. The van der Waals surface area contributed by atoms with Crippen LogP contribution in [-0.2, 0) is 0 Å². The van der Waals surface area contributed by atoms with E-state index in [1.54, 1.807) is 18.2 Å². The standard InChI is InChI=1S/C16H15ClN2OS/c1-9-4-6-12(17)8-13(9)16(20)19-14-7-11(15(18)21)5-3-10(14)2/h3-8H,1-2H3,(H2,18,21)(H,19,20). The highest BCUT2D eigenvalue weighted by atomic mass is 35.5. The van der Waals surface area contributed by atoms with Crippen molar-refractivity contribution in [2.24, 2.45) is 5.73 Å². The molecule has 0 fully saturated rings. The van der Waals surface area contributed by atoms with Gasteiger partial charge in [0.2, 0.25) is 0 Å². The van der Waals surface area contributed by atoms with E-state index in [2.05, 4.69) is 5.32 Å². The zero-order valence-corrected chi connectivity index (χ0v) is 13.3. The van der Waals surface area contributed by atoms with Gasteiger partial charge >= 0.3 is 0 Å². The van der Waals surface area contributed by atoms with Crippen LogP contribution in [0, 0.1) is 13.8 Å². The van der Waals surface area contributed by atoms with Crippen LogP contribution in [0.4, 0.5) is 5.69 Å². The molecule has 0 aliphatic heterocycles. The average Bonchev–Trinajstić information content (AvgIpc) is 2.43. The lowest BCUT2D eigenvalue weighted by atomic mass is 10.1. The fourth-order valence-corrected chi connectivity index (χ4v) is 2.24. The third-order valence-electron chi connectivity index (χ3n) is 3.21. The summed E-state index contributed by atoms with van der Waals surface area (Å²) < 4.78 is 0. The molecule has 0 saturated heterocycles. The number of thiocarbonyl (C=S) groups is 1. The fraction of sp³-hybridized carbons (Fsp3) is 0.125. The van der Waals surface area contributed by atoms with Crippen LogP contribution in [0.5, 0.6) is 0 Å². The third-order valence-corrected chi connectivity index (χ3v) is 3.69. The maximum Gasteiger partial charge on any atom is 0.255 e. The van der Waals surface area contributed by atoms with E-state index in [4.69, 9.17) is 29.6 Å². The van der Waals surface area contributed by atoms with E-state index in [0.717, 1.165) is 11.1 Å². The van der Waals surface area contributed by atoms with Crippen molar-refractivity contribution in [1.82, 2.24) is 0 Å². The van der Waals surface area contributed by atoms with Gasteiger partial charge in [0.1, 0.15) is 4.99 Å². The average molecular weight is 319 g/mol. The van der Waals surface area contributed by atoms with Crippen molar-refractivity contribution >= 4 is 40.4 Å². The Hall–Kier alpha value is -1.91.